The number of carbonyl (C=O) groups is 1. The van der Waals surface area contributed by atoms with Gasteiger partial charge in [0.1, 0.15) is 0 Å². The van der Waals surface area contributed by atoms with E-state index in [0.29, 0.717) is 21.9 Å². The lowest BCUT2D eigenvalue weighted by Crippen LogP contribution is -2.45. The molecule has 9 heteroatoms. The molecule has 1 unspecified atom stereocenters. The molecule has 1 aliphatic rings. The van der Waals surface area contributed by atoms with E-state index in [9.17, 15) is 13.2 Å². The number of allylic oxidation sites excluding steroid dienone is 1. The van der Waals surface area contributed by atoms with Crippen LogP contribution in [0.2, 0.25) is 0 Å². The van der Waals surface area contributed by atoms with Crippen molar-refractivity contribution in [1.82, 2.24) is 10.6 Å². The van der Waals surface area contributed by atoms with E-state index in [1.807, 2.05) is 0 Å². The van der Waals surface area contributed by atoms with Gasteiger partial charge in [0.05, 0.1) is 23.1 Å². The van der Waals surface area contributed by atoms with E-state index in [1.165, 1.54) is 12.1 Å². The Hall–Kier alpha value is -1.97. The Balaban J connectivity index is 2.44. The highest BCUT2D eigenvalue weighted by molar-refractivity contribution is 7.89. The maximum absolute atomic E-state index is 12.2. The van der Waals surface area contributed by atoms with Crippen LogP contribution in [0.5, 0.6) is 0 Å². The highest BCUT2D eigenvalue weighted by Gasteiger charge is 2.30. The Kier molecular flexibility index (Phi) is 5.03. The number of nitrogens with one attached hydrogen (secondary N) is 2. The quantitative estimate of drug-likeness (QED) is 0.538. The number of esters is 1. The summed E-state index contributed by atoms with van der Waals surface area (Å²) in [4.78, 5) is 12.2. The Bertz CT molecular complexity index is 770. The molecule has 0 saturated carbocycles. The predicted octanol–water partition coefficient (Wildman–Crippen LogP) is 0.690. The minimum Gasteiger partial charge on any atom is -0.463 e. The van der Waals surface area contributed by atoms with E-state index in [0.717, 1.165) is 0 Å². The highest BCUT2D eigenvalue weighted by Crippen LogP contribution is 2.28. The minimum absolute atomic E-state index is 0.00357. The van der Waals surface area contributed by atoms with Crippen LogP contribution in [0.15, 0.2) is 40.4 Å². The van der Waals surface area contributed by atoms with Gasteiger partial charge in [0.2, 0.25) is 10.0 Å². The summed E-state index contributed by atoms with van der Waals surface area (Å²) in [5.74, 6) is -0.465. The third-order valence-electron chi connectivity index (χ3n) is 3.31. The van der Waals surface area contributed by atoms with Crippen molar-refractivity contribution in [3.8, 4) is 0 Å². The molecule has 1 aromatic rings. The van der Waals surface area contributed by atoms with E-state index in [2.05, 4.69) is 10.6 Å². The topological polar surface area (TPSA) is 111 Å². The summed E-state index contributed by atoms with van der Waals surface area (Å²) in [5.41, 5.74) is 1.65. The Morgan fingerprint density at radius 3 is 2.48 bits per heavy atom. The standard InChI is InChI=1S/C14H17N3O4S2/c1-3-21-13(18)11-8(2)16-14(22)17-12(11)9-4-6-10(7-5-9)23(15,19)20/h4-7,12H,3H2,1-2H3,(H2,15,19,20)(H2,16,17,22). The first kappa shape index (κ1) is 17.4. The Morgan fingerprint density at radius 1 is 1.35 bits per heavy atom. The number of nitrogens with two attached hydrogens (primary N) is 1. The van der Waals surface area contributed by atoms with Gasteiger partial charge in [-0.3, -0.25) is 0 Å². The van der Waals surface area contributed by atoms with Crippen LogP contribution in [0.1, 0.15) is 25.5 Å². The van der Waals surface area contributed by atoms with Gasteiger partial charge in [0, 0.05) is 5.70 Å². The summed E-state index contributed by atoms with van der Waals surface area (Å²) in [7, 11) is -3.77. The Morgan fingerprint density at radius 2 is 1.96 bits per heavy atom. The van der Waals surface area contributed by atoms with Crippen LogP contribution < -0.4 is 15.8 Å². The molecule has 0 aliphatic carbocycles. The van der Waals surface area contributed by atoms with Crippen LogP contribution in [0.3, 0.4) is 0 Å². The fraction of sp³-hybridized carbons (Fsp3) is 0.286. The second-order valence-electron chi connectivity index (χ2n) is 4.90. The number of thiocarbonyl (C=S) groups is 1. The van der Waals surface area contributed by atoms with Crippen LogP contribution in [0.4, 0.5) is 0 Å². The number of hydrogen-bond acceptors (Lipinski definition) is 5. The molecule has 23 heavy (non-hydrogen) atoms. The predicted molar refractivity (Wildman–Crippen MR) is 88.8 cm³/mol. The molecule has 2 rings (SSSR count). The summed E-state index contributed by atoms with van der Waals surface area (Å²) in [6.45, 7) is 3.69. The zero-order chi connectivity index (χ0) is 17.2. The van der Waals surface area contributed by atoms with E-state index < -0.39 is 22.0 Å². The van der Waals surface area contributed by atoms with Gasteiger partial charge in [0.15, 0.2) is 5.11 Å². The maximum Gasteiger partial charge on any atom is 0.338 e. The molecule has 1 aliphatic heterocycles. The maximum atomic E-state index is 12.2. The van der Waals surface area contributed by atoms with Crippen LogP contribution >= 0.6 is 12.2 Å². The summed E-state index contributed by atoms with van der Waals surface area (Å²) >= 11 is 5.12. The largest absolute Gasteiger partial charge is 0.463 e. The smallest absolute Gasteiger partial charge is 0.338 e. The van der Waals surface area contributed by atoms with Crippen molar-refractivity contribution in [1.29, 1.82) is 0 Å². The summed E-state index contributed by atoms with van der Waals surface area (Å²) in [5, 5.41) is 11.3. The first-order chi connectivity index (χ1) is 10.7. The van der Waals surface area contributed by atoms with Crippen LogP contribution in [0, 0.1) is 0 Å². The molecule has 0 fully saturated rings. The van der Waals surface area contributed by atoms with Crippen molar-refractivity contribution in [3.63, 3.8) is 0 Å². The molecule has 1 atom stereocenters. The Labute approximate surface area is 139 Å². The van der Waals surface area contributed by atoms with Crippen molar-refractivity contribution in [3.05, 3.63) is 41.1 Å². The van der Waals surface area contributed by atoms with Gasteiger partial charge in [-0.15, -0.1) is 0 Å². The number of hydrogen-bond donors (Lipinski definition) is 3. The lowest BCUT2D eigenvalue weighted by atomic mass is 9.96. The van der Waals surface area contributed by atoms with E-state index >= 15 is 0 Å². The van der Waals surface area contributed by atoms with E-state index in [-0.39, 0.29) is 11.5 Å². The van der Waals surface area contributed by atoms with Gasteiger partial charge in [0.25, 0.3) is 0 Å². The average Bonchev–Trinajstić information content (AvgIpc) is 2.45. The molecule has 0 saturated heterocycles. The summed E-state index contributed by atoms with van der Waals surface area (Å²) in [6.07, 6.45) is 0. The fourth-order valence-corrected chi connectivity index (χ4v) is 3.06. The van der Waals surface area contributed by atoms with Crippen molar-refractivity contribution < 1.29 is 17.9 Å². The van der Waals surface area contributed by atoms with Crippen LogP contribution in [-0.4, -0.2) is 26.1 Å². The fourth-order valence-electron chi connectivity index (χ4n) is 2.27. The number of sulfonamides is 1. The average molecular weight is 355 g/mol. The number of benzene rings is 1. The van der Waals surface area contributed by atoms with Crippen molar-refractivity contribution >= 4 is 33.3 Å². The lowest BCUT2D eigenvalue weighted by molar-refractivity contribution is -0.139. The van der Waals surface area contributed by atoms with Gasteiger partial charge in [-0.1, -0.05) is 12.1 Å². The first-order valence-electron chi connectivity index (χ1n) is 6.82. The third-order valence-corrected chi connectivity index (χ3v) is 4.46. The van der Waals surface area contributed by atoms with E-state index in [1.54, 1.807) is 26.0 Å². The van der Waals surface area contributed by atoms with E-state index in [4.69, 9.17) is 22.1 Å². The molecule has 0 bridgehead atoms. The molecule has 0 amide bonds. The molecular formula is C14H17N3O4S2. The monoisotopic (exact) mass is 355 g/mol. The van der Waals surface area contributed by atoms with Crippen molar-refractivity contribution in [2.75, 3.05) is 6.61 Å². The SMILES string of the molecule is CCOC(=O)C1=C(C)NC(=S)NC1c1ccc(S(N)(=O)=O)cc1. The second-order valence-corrected chi connectivity index (χ2v) is 6.87. The first-order valence-corrected chi connectivity index (χ1v) is 8.77. The number of ether oxygens (including phenoxy) is 1. The molecule has 0 radical (unpaired) electrons. The third kappa shape index (κ3) is 3.87. The molecule has 0 aromatic heterocycles. The highest BCUT2D eigenvalue weighted by atomic mass is 32.2. The molecule has 1 aromatic carbocycles. The number of carbonyl (C=O) groups excluding carboxylic acids is 1. The van der Waals surface area contributed by atoms with Gasteiger partial charge < -0.3 is 15.4 Å². The molecule has 0 spiro atoms. The molecule has 1 heterocycles. The zero-order valence-corrected chi connectivity index (χ0v) is 14.3. The van der Waals surface area contributed by atoms with Crippen molar-refractivity contribution in [2.45, 2.75) is 24.8 Å². The van der Waals surface area contributed by atoms with Gasteiger partial charge in [-0.25, -0.2) is 18.4 Å². The number of rotatable bonds is 4. The lowest BCUT2D eigenvalue weighted by Gasteiger charge is -2.29. The minimum atomic E-state index is -3.77. The normalized spacial score (nSPS) is 18.2. The summed E-state index contributed by atoms with van der Waals surface area (Å²) in [6, 6.07) is 5.40. The number of primary sulfonamides is 1. The van der Waals surface area contributed by atoms with Crippen LogP contribution in [-0.2, 0) is 19.6 Å². The zero-order valence-electron chi connectivity index (χ0n) is 12.6. The van der Waals surface area contributed by atoms with Gasteiger partial charge >= 0.3 is 5.97 Å². The van der Waals surface area contributed by atoms with Gasteiger partial charge in [-0.2, -0.15) is 0 Å². The summed E-state index contributed by atoms with van der Waals surface area (Å²) < 4.78 is 27.7. The van der Waals surface area contributed by atoms with Gasteiger partial charge in [-0.05, 0) is 43.8 Å². The molecular weight excluding hydrogens is 338 g/mol. The molecule has 124 valence electrons. The van der Waals surface area contributed by atoms with Crippen LogP contribution in [0.25, 0.3) is 0 Å². The molecule has 4 N–H and O–H groups in total. The molecule has 7 nitrogen and oxygen atoms in total. The second kappa shape index (κ2) is 6.65. The van der Waals surface area contributed by atoms with Crippen molar-refractivity contribution in [2.24, 2.45) is 5.14 Å².